The third kappa shape index (κ3) is 4.87. The zero-order valence-electron chi connectivity index (χ0n) is 13.6. The molecule has 0 bridgehead atoms. The van der Waals surface area contributed by atoms with Crippen LogP contribution in [0.4, 0.5) is 11.4 Å². The molecule has 2 aromatic rings. The van der Waals surface area contributed by atoms with Gasteiger partial charge in [0.1, 0.15) is 0 Å². The monoisotopic (exact) mass is 342 g/mol. The summed E-state index contributed by atoms with van der Waals surface area (Å²) in [4.78, 5) is 33.8. The van der Waals surface area contributed by atoms with E-state index < -0.39 is 22.7 Å². The number of carbonyl (C=O) groups excluding carboxylic acids is 1. The number of carboxylic acid groups (broad SMARTS) is 1. The van der Waals surface area contributed by atoms with Gasteiger partial charge in [0.05, 0.1) is 10.8 Å². The number of rotatable bonds is 7. The number of non-ortho nitro benzene ring substituents is 1. The highest BCUT2D eigenvalue weighted by molar-refractivity contribution is 5.93. The quantitative estimate of drug-likeness (QED) is 0.592. The minimum absolute atomic E-state index is 0.0842. The van der Waals surface area contributed by atoms with E-state index >= 15 is 0 Å². The molecule has 2 atom stereocenters. The lowest BCUT2D eigenvalue weighted by Crippen LogP contribution is -2.26. The van der Waals surface area contributed by atoms with Crippen LogP contribution in [0.1, 0.15) is 24.8 Å². The molecule has 2 rings (SSSR count). The zero-order chi connectivity index (χ0) is 18.4. The van der Waals surface area contributed by atoms with Crippen molar-refractivity contribution in [1.82, 2.24) is 0 Å². The van der Waals surface area contributed by atoms with Gasteiger partial charge in [-0.3, -0.25) is 19.7 Å². The van der Waals surface area contributed by atoms with Crippen molar-refractivity contribution in [2.24, 2.45) is 5.92 Å². The second-order valence-corrected chi connectivity index (χ2v) is 5.70. The number of anilines is 1. The van der Waals surface area contributed by atoms with E-state index in [1.807, 2.05) is 30.3 Å². The van der Waals surface area contributed by atoms with Gasteiger partial charge in [-0.05, 0) is 23.6 Å². The van der Waals surface area contributed by atoms with E-state index in [4.69, 9.17) is 0 Å². The number of carboxylic acids is 1. The van der Waals surface area contributed by atoms with E-state index in [1.54, 1.807) is 6.92 Å². The fourth-order valence-electron chi connectivity index (χ4n) is 2.55. The molecule has 1 amide bonds. The number of hydrogen-bond acceptors (Lipinski definition) is 4. The first-order valence-electron chi connectivity index (χ1n) is 7.70. The number of aliphatic carboxylic acids is 1. The molecule has 0 heterocycles. The first kappa shape index (κ1) is 18.1. The highest BCUT2D eigenvalue weighted by atomic mass is 16.6. The second-order valence-electron chi connectivity index (χ2n) is 5.70. The smallest absolute Gasteiger partial charge is 0.307 e. The lowest BCUT2D eigenvalue weighted by molar-refractivity contribution is -0.384. The molecule has 130 valence electrons. The van der Waals surface area contributed by atoms with Crippen LogP contribution in [0.25, 0.3) is 0 Å². The van der Waals surface area contributed by atoms with Gasteiger partial charge in [0.2, 0.25) is 5.91 Å². The molecule has 0 aromatic heterocycles. The summed E-state index contributed by atoms with van der Waals surface area (Å²) >= 11 is 0. The number of nitrogens with one attached hydrogen (secondary N) is 1. The topological polar surface area (TPSA) is 110 Å². The predicted molar refractivity (Wildman–Crippen MR) is 92.3 cm³/mol. The normalized spacial score (nSPS) is 12.8. The molecule has 0 aliphatic carbocycles. The number of nitro benzene ring substituents is 1. The molecule has 7 heteroatoms. The summed E-state index contributed by atoms with van der Waals surface area (Å²) in [5, 5.41) is 22.7. The molecule has 0 saturated heterocycles. The number of benzene rings is 2. The van der Waals surface area contributed by atoms with E-state index in [1.165, 1.54) is 24.3 Å². The minimum atomic E-state index is -1.05. The van der Waals surface area contributed by atoms with E-state index in [0.717, 1.165) is 5.56 Å². The molecule has 0 aliphatic heterocycles. The Balaban J connectivity index is 2.05. The lowest BCUT2D eigenvalue weighted by atomic mass is 9.85. The highest BCUT2D eigenvalue weighted by Crippen LogP contribution is 2.27. The Morgan fingerprint density at radius 1 is 1.12 bits per heavy atom. The zero-order valence-corrected chi connectivity index (χ0v) is 13.6. The van der Waals surface area contributed by atoms with Crippen molar-refractivity contribution in [3.8, 4) is 0 Å². The van der Waals surface area contributed by atoms with Gasteiger partial charge < -0.3 is 10.4 Å². The molecule has 2 aromatic carbocycles. The fourth-order valence-corrected chi connectivity index (χ4v) is 2.55. The van der Waals surface area contributed by atoms with E-state index in [2.05, 4.69) is 5.32 Å². The molecule has 0 aliphatic rings. The van der Waals surface area contributed by atoms with Gasteiger partial charge in [0, 0.05) is 24.2 Å². The van der Waals surface area contributed by atoms with Gasteiger partial charge in [0.15, 0.2) is 0 Å². The SMILES string of the molecule is C[C@H](c1ccccc1)[C@@H](CC(=O)Nc1ccc([N+](=O)[O-])cc1)C(=O)O. The van der Waals surface area contributed by atoms with Crippen LogP contribution >= 0.6 is 0 Å². The van der Waals surface area contributed by atoms with Crippen LogP contribution in [0, 0.1) is 16.0 Å². The van der Waals surface area contributed by atoms with Crippen LogP contribution in [0.3, 0.4) is 0 Å². The van der Waals surface area contributed by atoms with Gasteiger partial charge in [0.25, 0.3) is 5.69 Å². The summed E-state index contributed by atoms with van der Waals surface area (Å²) in [6.07, 6.45) is -0.192. The third-order valence-electron chi connectivity index (χ3n) is 4.01. The van der Waals surface area contributed by atoms with Gasteiger partial charge in [-0.25, -0.2) is 0 Å². The van der Waals surface area contributed by atoms with Crippen molar-refractivity contribution >= 4 is 23.3 Å². The molecule has 0 unspecified atom stereocenters. The number of carbonyl (C=O) groups is 2. The molecule has 0 spiro atoms. The standard InChI is InChI=1S/C18H18N2O5/c1-12(13-5-3-2-4-6-13)16(18(22)23)11-17(21)19-14-7-9-15(10-8-14)20(24)25/h2-10,12,16H,11H2,1H3,(H,19,21)(H,22,23)/t12-,16-/m1/s1. The Kier molecular flexibility index (Phi) is 5.84. The molecular weight excluding hydrogens is 324 g/mol. The van der Waals surface area contributed by atoms with Gasteiger partial charge in [-0.1, -0.05) is 37.3 Å². The second kappa shape index (κ2) is 8.05. The first-order chi connectivity index (χ1) is 11.9. The van der Waals surface area contributed by atoms with E-state index in [9.17, 15) is 24.8 Å². The Morgan fingerprint density at radius 2 is 1.72 bits per heavy atom. The van der Waals surface area contributed by atoms with Crippen molar-refractivity contribution in [2.75, 3.05) is 5.32 Å². The van der Waals surface area contributed by atoms with Crippen molar-refractivity contribution in [2.45, 2.75) is 19.3 Å². The lowest BCUT2D eigenvalue weighted by Gasteiger charge is -2.20. The molecule has 7 nitrogen and oxygen atoms in total. The molecule has 25 heavy (non-hydrogen) atoms. The summed E-state index contributed by atoms with van der Waals surface area (Å²) in [6.45, 7) is 1.77. The predicted octanol–water partition coefficient (Wildman–Crippen LogP) is 3.43. The average molecular weight is 342 g/mol. The van der Waals surface area contributed by atoms with Crippen molar-refractivity contribution in [3.05, 3.63) is 70.3 Å². The maximum absolute atomic E-state index is 12.2. The summed E-state index contributed by atoms with van der Waals surface area (Å²) < 4.78 is 0. The summed E-state index contributed by atoms with van der Waals surface area (Å²) in [5.74, 6) is -2.71. The van der Waals surface area contributed by atoms with Gasteiger partial charge >= 0.3 is 5.97 Å². The largest absolute Gasteiger partial charge is 0.481 e. The van der Waals surface area contributed by atoms with Crippen LogP contribution in [0.5, 0.6) is 0 Å². The van der Waals surface area contributed by atoms with Crippen LogP contribution < -0.4 is 5.32 Å². The van der Waals surface area contributed by atoms with E-state index in [0.29, 0.717) is 5.69 Å². The molecule has 0 radical (unpaired) electrons. The van der Waals surface area contributed by atoms with Crippen molar-refractivity contribution in [1.29, 1.82) is 0 Å². The van der Waals surface area contributed by atoms with Crippen LogP contribution in [-0.2, 0) is 9.59 Å². The number of nitrogens with zero attached hydrogens (tertiary/aromatic N) is 1. The fraction of sp³-hybridized carbons (Fsp3) is 0.222. The molecule has 2 N–H and O–H groups in total. The summed E-state index contributed by atoms with van der Waals surface area (Å²) in [5.41, 5.74) is 1.14. The summed E-state index contributed by atoms with van der Waals surface area (Å²) in [7, 11) is 0. The number of hydrogen-bond donors (Lipinski definition) is 2. The Labute approximate surface area is 144 Å². The van der Waals surface area contributed by atoms with Crippen molar-refractivity contribution < 1.29 is 19.6 Å². The Bertz CT molecular complexity index is 759. The van der Waals surface area contributed by atoms with Gasteiger partial charge in [-0.2, -0.15) is 0 Å². The molecule has 0 fully saturated rings. The maximum atomic E-state index is 12.2. The first-order valence-corrected chi connectivity index (χ1v) is 7.70. The van der Waals surface area contributed by atoms with Gasteiger partial charge in [-0.15, -0.1) is 0 Å². The number of amides is 1. The third-order valence-corrected chi connectivity index (χ3v) is 4.01. The summed E-state index contributed by atoms with van der Waals surface area (Å²) in [6, 6.07) is 14.5. The minimum Gasteiger partial charge on any atom is -0.481 e. The maximum Gasteiger partial charge on any atom is 0.307 e. The van der Waals surface area contributed by atoms with E-state index in [-0.39, 0.29) is 18.0 Å². The Morgan fingerprint density at radius 3 is 2.24 bits per heavy atom. The van der Waals surface area contributed by atoms with Crippen molar-refractivity contribution in [3.63, 3.8) is 0 Å². The highest BCUT2D eigenvalue weighted by Gasteiger charge is 2.28. The molecular formula is C18H18N2O5. The molecule has 0 saturated carbocycles. The van der Waals surface area contributed by atoms with Crippen LogP contribution in [0.2, 0.25) is 0 Å². The Hall–Kier alpha value is -3.22. The number of nitro groups is 1. The van der Waals surface area contributed by atoms with Crippen LogP contribution in [0.15, 0.2) is 54.6 Å². The average Bonchev–Trinajstić information content (AvgIpc) is 2.60. The van der Waals surface area contributed by atoms with Crippen LogP contribution in [-0.4, -0.2) is 21.9 Å².